The van der Waals surface area contributed by atoms with Crippen LogP contribution in [0.3, 0.4) is 0 Å². The van der Waals surface area contributed by atoms with Gasteiger partial charge in [0.15, 0.2) is 0 Å². The highest BCUT2D eigenvalue weighted by molar-refractivity contribution is 9.11. The molecule has 3 N–H and O–H groups in total. The Morgan fingerprint density at radius 2 is 2.00 bits per heavy atom. The van der Waals surface area contributed by atoms with Gasteiger partial charge >= 0.3 is 0 Å². The minimum atomic E-state index is -0.356. The molecule has 1 aromatic carbocycles. The first-order valence-corrected chi connectivity index (χ1v) is 7.74. The third-order valence-corrected chi connectivity index (χ3v) is 4.19. The second kappa shape index (κ2) is 7.31. The number of halogens is 1. The van der Waals surface area contributed by atoms with E-state index in [4.69, 9.17) is 10.5 Å². The predicted molar refractivity (Wildman–Crippen MR) is 85.1 cm³/mol. The molecular weight excluding hydrogens is 340 g/mol. The van der Waals surface area contributed by atoms with Gasteiger partial charge in [-0.25, -0.2) is 0 Å². The van der Waals surface area contributed by atoms with Crippen LogP contribution in [0, 0.1) is 0 Å². The molecule has 4 nitrogen and oxygen atoms in total. The van der Waals surface area contributed by atoms with E-state index in [1.165, 1.54) is 4.88 Å². The molecule has 2 rings (SSSR count). The fraction of sp³-hybridized carbons (Fsp3) is 0.214. The predicted octanol–water partition coefficient (Wildman–Crippen LogP) is 3.38. The largest absolute Gasteiger partial charge is 0.493 e. The van der Waals surface area contributed by atoms with E-state index in [1.807, 2.05) is 30.3 Å². The van der Waals surface area contributed by atoms with Crippen molar-refractivity contribution < 1.29 is 9.53 Å². The van der Waals surface area contributed by atoms with Crippen LogP contribution < -0.4 is 15.8 Å². The summed E-state index contributed by atoms with van der Waals surface area (Å²) < 4.78 is 6.54. The molecule has 0 aliphatic carbocycles. The number of carbonyl (C=O) groups excluding carboxylic acids is 1. The van der Waals surface area contributed by atoms with Gasteiger partial charge in [0.05, 0.1) is 16.8 Å². The number of ether oxygens (including phenoxy) is 1. The first-order chi connectivity index (χ1) is 9.63. The lowest BCUT2D eigenvalue weighted by molar-refractivity contribution is -0.118. The third-order valence-electron chi connectivity index (χ3n) is 2.57. The summed E-state index contributed by atoms with van der Waals surface area (Å²) in [4.78, 5) is 11.9. The molecule has 0 aliphatic heterocycles. The number of benzene rings is 1. The second-order valence-electron chi connectivity index (χ2n) is 4.15. The van der Waals surface area contributed by atoms with Crippen LogP contribution in [0.1, 0.15) is 11.3 Å². The van der Waals surface area contributed by atoms with Crippen molar-refractivity contribution in [1.82, 2.24) is 0 Å². The maximum absolute atomic E-state index is 10.6. The second-order valence-corrected chi connectivity index (χ2v) is 6.70. The fourth-order valence-electron chi connectivity index (χ4n) is 1.57. The smallest absolute Gasteiger partial charge is 0.220 e. The number of rotatable bonds is 7. The van der Waals surface area contributed by atoms with E-state index in [0.717, 1.165) is 21.8 Å². The van der Waals surface area contributed by atoms with Crippen LogP contribution in [-0.2, 0) is 11.3 Å². The molecule has 1 aromatic heterocycles. The van der Waals surface area contributed by atoms with Gasteiger partial charge in [0.2, 0.25) is 5.91 Å². The lowest BCUT2D eigenvalue weighted by atomic mass is 10.3. The normalized spacial score (nSPS) is 10.2. The number of anilines is 1. The molecule has 6 heteroatoms. The standard InChI is InChI=1S/C14H15BrN2O2S/c15-13-6-5-12(20-13)9-17-10-1-3-11(4-2-10)19-8-7-14(16)18/h1-6,17H,7-9H2,(H2,16,18). The van der Waals surface area contributed by atoms with Gasteiger partial charge < -0.3 is 15.8 Å². The summed E-state index contributed by atoms with van der Waals surface area (Å²) in [5.74, 6) is 0.376. The zero-order chi connectivity index (χ0) is 14.4. The van der Waals surface area contributed by atoms with Crippen LogP contribution in [0.2, 0.25) is 0 Å². The van der Waals surface area contributed by atoms with Crippen LogP contribution >= 0.6 is 27.3 Å². The highest BCUT2D eigenvalue weighted by Gasteiger charge is 2.00. The highest BCUT2D eigenvalue weighted by Crippen LogP contribution is 2.23. The molecule has 106 valence electrons. The Kier molecular flexibility index (Phi) is 5.43. The lowest BCUT2D eigenvalue weighted by Crippen LogP contribution is -2.14. The van der Waals surface area contributed by atoms with Crippen LogP contribution in [-0.4, -0.2) is 12.5 Å². The van der Waals surface area contributed by atoms with Gasteiger partial charge in [-0.2, -0.15) is 0 Å². The third kappa shape index (κ3) is 4.86. The number of hydrogen-bond donors (Lipinski definition) is 2. The molecule has 0 fully saturated rings. The number of thiophene rings is 1. The average molecular weight is 355 g/mol. The SMILES string of the molecule is NC(=O)CCOc1ccc(NCc2ccc(Br)s2)cc1. The lowest BCUT2D eigenvalue weighted by Gasteiger charge is -2.07. The van der Waals surface area contributed by atoms with Crippen molar-refractivity contribution in [3.05, 3.63) is 45.1 Å². The molecule has 0 bridgehead atoms. The van der Waals surface area contributed by atoms with Gasteiger partial charge in [-0.3, -0.25) is 4.79 Å². The Morgan fingerprint density at radius 1 is 1.25 bits per heavy atom. The molecule has 0 saturated carbocycles. The van der Waals surface area contributed by atoms with E-state index < -0.39 is 0 Å². The molecule has 0 saturated heterocycles. The zero-order valence-electron chi connectivity index (χ0n) is 10.8. The molecule has 0 radical (unpaired) electrons. The summed E-state index contributed by atoms with van der Waals surface area (Å²) in [6.07, 6.45) is 0.229. The molecule has 0 atom stereocenters. The van der Waals surface area contributed by atoms with Crippen molar-refractivity contribution in [2.75, 3.05) is 11.9 Å². The Morgan fingerprint density at radius 3 is 2.60 bits per heavy atom. The number of amides is 1. The summed E-state index contributed by atoms with van der Waals surface area (Å²) in [5, 5.41) is 3.34. The monoisotopic (exact) mass is 354 g/mol. The van der Waals surface area contributed by atoms with E-state index >= 15 is 0 Å². The number of carbonyl (C=O) groups is 1. The van der Waals surface area contributed by atoms with Crippen LogP contribution in [0.15, 0.2) is 40.2 Å². The molecule has 2 aromatic rings. The molecule has 1 amide bonds. The van der Waals surface area contributed by atoms with Gasteiger partial charge in [0.1, 0.15) is 5.75 Å². The molecule has 0 aliphatic rings. The van der Waals surface area contributed by atoms with Gasteiger partial charge in [-0.15, -0.1) is 11.3 Å². The van der Waals surface area contributed by atoms with Crippen molar-refractivity contribution in [1.29, 1.82) is 0 Å². The maximum atomic E-state index is 10.6. The van der Waals surface area contributed by atoms with Gasteiger partial charge in [-0.1, -0.05) is 0 Å². The number of hydrogen-bond acceptors (Lipinski definition) is 4. The van der Waals surface area contributed by atoms with Crippen molar-refractivity contribution >= 4 is 38.9 Å². The van der Waals surface area contributed by atoms with Crippen LogP contribution in [0.25, 0.3) is 0 Å². The molecule has 0 unspecified atom stereocenters. The highest BCUT2D eigenvalue weighted by atomic mass is 79.9. The van der Waals surface area contributed by atoms with Gasteiger partial charge in [0, 0.05) is 17.1 Å². The van der Waals surface area contributed by atoms with E-state index in [9.17, 15) is 4.79 Å². The van der Waals surface area contributed by atoms with Crippen molar-refractivity contribution in [2.45, 2.75) is 13.0 Å². The van der Waals surface area contributed by atoms with Crippen LogP contribution in [0.4, 0.5) is 5.69 Å². The topological polar surface area (TPSA) is 64.4 Å². The van der Waals surface area contributed by atoms with E-state index in [-0.39, 0.29) is 12.3 Å². The fourth-order valence-corrected chi connectivity index (χ4v) is 3.00. The van der Waals surface area contributed by atoms with E-state index in [2.05, 4.69) is 27.3 Å². The number of primary amides is 1. The Hall–Kier alpha value is -1.53. The number of nitrogens with two attached hydrogens (primary N) is 1. The first kappa shape index (κ1) is 14.9. The Balaban J connectivity index is 1.80. The van der Waals surface area contributed by atoms with Crippen molar-refractivity contribution in [3.63, 3.8) is 0 Å². The Labute approximate surface area is 130 Å². The quantitative estimate of drug-likeness (QED) is 0.800. The summed E-state index contributed by atoms with van der Waals surface area (Å²) in [7, 11) is 0. The number of nitrogens with one attached hydrogen (secondary N) is 1. The summed E-state index contributed by atoms with van der Waals surface area (Å²) in [5.41, 5.74) is 6.07. The molecule has 0 spiro atoms. The summed E-state index contributed by atoms with van der Waals surface area (Å²) in [6, 6.07) is 11.8. The minimum absolute atomic E-state index is 0.229. The first-order valence-electron chi connectivity index (χ1n) is 6.13. The van der Waals surface area contributed by atoms with Crippen molar-refractivity contribution in [3.8, 4) is 5.75 Å². The van der Waals surface area contributed by atoms with Gasteiger partial charge in [0.25, 0.3) is 0 Å². The zero-order valence-corrected chi connectivity index (χ0v) is 13.2. The summed E-state index contributed by atoms with van der Waals surface area (Å²) >= 11 is 5.15. The minimum Gasteiger partial charge on any atom is -0.493 e. The van der Waals surface area contributed by atoms with Crippen LogP contribution in [0.5, 0.6) is 5.75 Å². The van der Waals surface area contributed by atoms with E-state index in [1.54, 1.807) is 11.3 Å². The van der Waals surface area contributed by atoms with Crippen molar-refractivity contribution in [2.24, 2.45) is 5.73 Å². The maximum Gasteiger partial charge on any atom is 0.220 e. The molecular formula is C14H15BrN2O2S. The van der Waals surface area contributed by atoms with E-state index in [0.29, 0.717) is 6.61 Å². The molecule has 20 heavy (non-hydrogen) atoms. The van der Waals surface area contributed by atoms with Gasteiger partial charge in [-0.05, 0) is 52.3 Å². The molecule has 1 heterocycles. The Bertz CT molecular complexity index is 569. The summed E-state index contributed by atoms with van der Waals surface area (Å²) in [6.45, 7) is 1.10. The average Bonchev–Trinajstić information content (AvgIpc) is 2.83.